The van der Waals surface area contributed by atoms with Gasteiger partial charge < -0.3 is 20.1 Å². The number of hydrogen-bond donors (Lipinski definition) is 3. The third-order valence-corrected chi connectivity index (χ3v) is 7.34. The minimum atomic E-state index is -3.87. The Balaban J connectivity index is 1.45. The van der Waals surface area contributed by atoms with E-state index in [1.54, 1.807) is 0 Å². The number of sulfonamides is 1. The van der Waals surface area contributed by atoms with Crippen molar-refractivity contribution in [3.8, 4) is 0 Å². The third-order valence-electron chi connectivity index (χ3n) is 5.84. The zero-order valence-corrected chi connectivity index (χ0v) is 18.4. The number of halogens is 1. The second kappa shape index (κ2) is 11.3. The number of aliphatic hydroxyl groups is 1. The highest BCUT2D eigenvalue weighted by atomic mass is 32.2. The molecule has 1 amide bonds. The minimum Gasteiger partial charge on any atom is -0.394 e. The van der Waals surface area contributed by atoms with E-state index in [0.29, 0.717) is 19.4 Å². The number of hydrogen-bond acceptors (Lipinski definition) is 6. The summed E-state index contributed by atoms with van der Waals surface area (Å²) in [5, 5.41) is 12.6. The average Bonchev–Trinajstić information content (AvgIpc) is 2.75. The second-order valence-electron chi connectivity index (χ2n) is 8.19. The van der Waals surface area contributed by atoms with Crippen molar-refractivity contribution < 1.29 is 27.4 Å². The van der Waals surface area contributed by atoms with Gasteiger partial charge in [0.1, 0.15) is 5.82 Å². The van der Waals surface area contributed by atoms with E-state index in [9.17, 15) is 22.7 Å². The summed E-state index contributed by atoms with van der Waals surface area (Å²) in [6.07, 6.45) is 3.65. The lowest BCUT2D eigenvalue weighted by Crippen LogP contribution is -2.51. The number of aliphatic hydroxyl groups excluding tert-OH is 1. The van der Waals surface area contributed by atoms with Crippen molar-refractivity contribution in [1.82, 2.24) is 14.9 Å². The molecule has 3 N–H and O–H groups in total. The van der Waals surface area contributed by atoms with Crippen LogP contribution < -0.4 is 10.0 Å². The van der Waals surface area contributed by atoms with Gasteiger partial charge in [0.2, 0.25) is 15.9 Å². The molecule has 2 aliphatic heterocycles. The number of nitrogens with one attached hydrogen (secondary N) is 2. The second-order valence-corrected chi connectivity index (χ2v) is 9.91. The average molecular weight is 458 g/mol. The fourth-order valence-electron chi connectivity index (χ4n) is 4.11. The monoisotopic (exact) mass is 457 g/mol. The van der Waals surface area contributed by atoms with Gasteiger partial charge in [-0.05, 0) is 63.0 Å². The van der Waals surface area contributed by atoms with E-state index in [-0.39, 0.29) is 29.9 Å². The van der Waals surface area contributed by atoms with Crippen molar-refractivity contribution in [3.05, 3.63) is 30.1 Å². The summed E-state index contributed by atoms with van der Waals surface area (Å²) in [6.45, 7) is 3.21. The van der Waals surface area contributed by atoms with E-state index in [0.717, 1.165) is 31.8 Å². The highest BCUT2D eigenvalue weighted by Crippen LogP contribution is 2.23. The van der Waals surface area contributed by atoms with Gasteiger partial charge in [0.15, 0.2) is 0 Å². The van der Waals surface area contributed by atoms with Gasteiger partial charge in [0.05, 0.1) is 36.2 Å². The Bertz CT molecular complexity index is 815. The largest absolute Gasteiger partial charge is 0.394 e. The molecular formula is C21H32FN3O5S. The van der Waals surface area contributed by atoms with Crippen LogP contribution in [-0.4, -0.2) is 75.4 Å². The first-order valence-electron chi connectivity index (χ1n) is 10.9. The molecule has 10 heteroatoms. The third kappa shape index (κ3) is 7.21. The molecule has 0 unspecified atom stereocenters. The van der Waals surface area contributed by atoms with Crippen molar-refractivity contribution in [2.45, 2.75) is 61.7 Å². The summed E-state index contributed by atoms with van der Waals surface area (Å²) in [5.41, 5.74) is 0. The molecule has 0 radical (unpaired) electrons. The maximum atomic E-state index is 13.1. The van der Waals surface area contributed by atoms with E-state index in [1.807, 2.05) is 0 Å². The van der Waals surface area contributed by atoms with Crippen molar-refractivity contribution in [2.75, 3.05) is 32.8 Å². The number of piperidine rings is 1. The quantitative estimate of drug-likeness (QED) is 0.511. The number of likely N-dealkylation sites (tertiary alicyclic amines) is 1. The predicted octanol–water partition coefficient (Wildman–Crippen LogP) is 1.00. The normalized spacial score (nSPS) is 25.3. The Morgan fingerprint density at radius 3 is 2.55 bits per heavy atom. The maximum Gasteiger partial charge on any atom is 0.240 e. The fraction of sp³-hybridized carbons (Fsp3) is 0.667. The number of benzene rings is 1. The number of carbonyl (C=O) groups is 1. The standard InChI is InChI=1S/C21H32FN3O5S/c22-16-4-7-18(8-5-16)31(28,29)24-19-9-6-17(30-20(19)15-26)14-21(27)23-10-13-25-11-2-1-3-12-25/h4-5,7-8,17,19-20,24,26H,1-3,6,9-15H2,(H,23,27)/t17-,19-,20+/m1/s1. The van der Waals surface area contributed by atoms with Gasteiger partial charge in [-0.25, -0.2) is 17.5 Å². The summed E-state index contributed by atoms with van der Waals surface area (Å²) in [6, 6.07) is 3.90. The van der Waals surface area contributed by atoms with E-state index < -0.39 is 28.0 Å². The first-order valence-corrected chi connectivity index (χ1v) is 12.4. The smallest absolute Gasteiger partial charge is 0.240 e. The van der Waals surface area contributed by atoms with Crippen LogP contribution in [-0.2, 0) is 19.6 Å². The molecule has 0 aliphatic carbocycles. The molecule has 3 rings (SSSR count). The fourth-order valence-corrected chi connectivity index (χ4v) is 5.41. The molecule has 31 heavy (non-hydrogen) atoms. The van der Waals surface area contributed by atoms with Crippen LogP contribution in [0.2, 0.25) is 0 Å². The van der Waals surface area contributed by atoms with Crippen LogP contribution >= 0.6 is 0 Å². The topological polar surface area (TPSA) is 108 Å². The molecule has 8 nitrogen and oxygen atoms in total. The van der Waals surface area contributed by atoms with E-state index in [1.165, 1.54) is 31.4 Å². The van der Waals surface area contributed by atoms with Gasteiger partial charge in [-0.1, -0.05) is 6.42 Å². The zero-order chi connectivity index (χ0) is 22.3. The highest BCUT2D eigenvalue weighted by Gasteiger charge is 2.34. The van der Waals surface area contributed by atoms with Gasteiger partial charge in [0.25, 0.3) is 0 Å². The lowest BCUT2D eigenvalue weighted by Gasteiger charge is -2.35. The zero-order valence-electron chi connectivity index (χ0n) is 17.6. The van der Waals surface area contributed by atoms with Crippen molar-refractivity contribution in [2.24, 2.45) is 0 Å². The predicted molar refractivity (Wildman–Crippen MR) is 113 cm³/mol. The molecule has 0 aromatic heterocycles. The van der Waals surface area contributed by atoms with Crippen LogP contribution in [0.25, 0.3) is 0 Å². The molecule has 0 saturated carbocycles. The van der Waals surface area contributed by atoms with Crippen LogP contribution in [0, 0.1) is 5.82 Å². The summed E-state index contributed by atoms with van der Waals surface area (Å²) in [5.74, 6) is -0.630. The van der Waals surface area contributed by atoms with Gasteiger partial charge in [-0.3, -0.25) is 4.79 Å². The number of nitrogens with zero attached hydrogens (tertiary/aromatic N) is 1. The van der Waals surface area contributed by atoms with Gasteiger partial charge in [0, 0.05) is 13.1 Å². The first kappa shape index (κ1) is 24.1. The molecule has 1 aromatic rings. The summed E-state index contributed by atoms with van der Waals surface area (Å²) >= 11 is 0. The van der Waals surface area contributed by atoms with Crippen LogP contribution in [0.5, 0.6) is 0 Å². The van der Waals surface area contributed by atoms with Crippen LogP contribution in [0.4, 0.5) is 4.39 Å². The van der Waals surface area contributed by atoms with Gasteiger partial charge >= 0.3 is 0 Å². The number of ether oxygens (including phenoxy) is 1. The van der Waals surface area contributed by atoms with Crippen molar-refractivity contribution >= 4 is 15.9 Å². The molecule has 2 fully saturated rings. The van der Waals surface area contributed by atoms with Crippen molar-refractivity contribution in [1.29, 1.82) is 0 Å². The van der Waals surface area contributed by atoms with Crippen LogP contribution in [0.15, 0.2) is 29.2 Å². The molecular weight excluding hydrogens is 425 g/mol. The summed E-state index contributed by atoms with van der Waals surface area (Å²) in [7, 11) is -3.87. The van der Waals surface area contributed by atoms with E-state index in [2.05, 4.69) is 14.9 Å². The Labute approximate surface area is 183 Å². The maximum absolute atomic E-state index is 13.1. The Morgan fingerprint density at radius 1 is 1.16 bits per heavy atom. The van der Waals surface area contributed by atoms with Crippen LogP contribution in [0.3, 0.4) is 0 Å². The Kier molecular flexibility index (Phi) is 8.79. The van der Waals surface area contributed by atoms with Gasteiger partial charge in [-0.15, -0.1) is 0 Å². The number of rotatable bonds is 9. The molecule has 3 atom stereocenters. The SMILES string of the molecule is O=C(C[C@H]1CC[C@@H](NS(=O)(=O)c2ccc(F)cc2)[C@H](CO)O1)NCCN1CCCCC1. The molecule has 2 heterocycles. The minimum absolute atomic E-state index is 0.0548. The summed E-state index contributed by atoms with van der Waals surface area (Å²) < 4.78 is 46.5. The molecule has 2 saturated heterocycles. The Hall–Kier alpha value is -1.59. The highest BCUT2D eigenvalue weighted by molar-refractivity contribution is 7.89. The summed E-state index contributed by atoms with van der Waals surface area (Å²) in [4.78, 5) is 14.5. The molecule has 0 spiro atoms. The first-order chi connectivity index (χ1) is 14.9. The molecule has 174 valence electrons. The lowest BCUT2D eigenvalue weighted by atomic mass is 9.98. The van der Waals surface area contributed by atoms with Crippen molar-refractivity contribution in [3.63, 3.8) is 0 Å². The molecule has 2 aliphatic rings. The lowest BCUT2D eigenvalue weighted by molar-refractivity contribution is -0.130. The van der Waals surface area contributed by atoms with Gasteiger partial charge in [-0.2, -0.15) is 0 Å². The Morgan fingerprint density at radius 2 is 1.87 bits per heavy atom. The van der Waals surface area contributed by atoms with Crippen LogP contribution in [0.1, 0.15) is 38.5 Å². The number of amides is 1. The van der Waals surface area contributed by atoms with E-state index in [4.69, 9.17) is 4.74 Å². The molecule has 0 bridgehead atoms. The number of carbonyl (C=O) groups excluding carboxylic acids is 1. The molecule has 1 aromatic carbocycles. The van der Waals surface area contributed by atoms with E-state index >= 15 is 0 Å².